The third kappa shape index (κ3) is 7.02. The first-order chi connectivity index (χ1) is 20.7. The standard InChI is InChI=1S/C32H23BrN2O8/c33-25-9-1-23(2-10-25)32(39)43-28-15-7-22(8-16-28)29(36)19-42-31(38)24-17-30(37)34(18-24)26-11-3-20(4-12-26)21-5-13-27(14-6-21)35(40)41/h1-16,24H,17-19H2/t24-/m0/s1. The van der Waals surface area contributed by atoms with Crippen LogP contribution in [-0.2, 0) is 14.3 Å². The number of carbonyl (C=O) groups is 4. The third-order valence-electron chi connectivity index (χ3n) is 6.86. The molecule has 0 unspecified atom stereocenters. The Hall–Kier alpha value is -5.16. The number of amides is 1. The molecule has 4 aromatic carbocycles. The maximum atomic E-state index is 12.7. The van der Waals surface area contributed by atoms with Crippen molar-refractivity contribution in [2.75, 3.05) is 18.1 Å². The molecule has 1 amide bonds. The summed E-state index contributed by atoms with van der Waals surface area (Å²) in [6.45, 7) is -0.382. The fourth-order valence-corrected chi connectivity index (χ4v) is 4.79. The highest BCUT2D eigenvalue weighted by atomic mass is 79.9. The molecular weight excluding hydrogens is 620 g/mol. The zero-order valence-electron chi connectivity index (χ0n) is 22.5. The van der Waals surface area contributed by atoms with Crippen molar-refractivity contribution < 1.29 is 33.6 Å². The van der Waals surface area contributed by atoms with Crippen LogP contribution in [0.1, 0.15) is 27.1 Å². The summed E-state index contributed by atoms with van der Waals surface area (Å²) in [6.07, 6.45) is -0.0461. The molecule has 216 valence electrons. The number of nitro benzene ring substituents is 1. The number of rotatable bonds is 9. The number of anilines is 1. The van der Waals surface area contributed by atoms with Crippen molar-refractivity contribution in [1.82, 2.24) is 0 Å². The molecular formula is C32H23BrN2O8. The van der Waals surface area contributed by atoms with E-state index >= 15 is 0 Å². The van der Waals surface area contributed by atoms with E-state index in [0.717, 1.165) is 15.6 Å². The summed E-state index contributed by atoms with van der Waals surface area (Å²) in [6, 6.07) is 25.8. The normalized spacial score (nSPS) is 14.3. The number of ketones is 1. The van der Waals surface area contributed by atoms with Crippen molar-refractivity contribution >= 4 is 50.9 Å². The van der Waals surface area contributed by atoms with Gasteiger partial charge in [-0.15, -0.1) is 0 Å². The Labute approximate surface area is 254 Å². The maximum Gasteiger partial charge on any atom is 0.343 e. The molecule has 1 atom stereocenters. The molecule has 0 N–H and O–H groups in total. The van der Waals surface area contributed by atoms with Gasteiger partial charge in [-0.05, 0) is 83.9 Å². The highest BCUT2D eigenvalue weighted by Gasteiger charge is 2.36. The third-order valence-corrected chi connectivity index (χ3v) is 7.39. The summed E-state index contributed by atoms with van der Waals surface area (Å²) in [7, 11) is 0. The molecule has 43 heavy (non-hydrogen) atoms. The quantitative estimate of drug-likeness (QED) is 0.0711. The lowest BCUT2D eigenvalue weighted by Crippen LogP contribution is -2.27. The molecule has 0 aliphatic carbocycles. The number of halogens is 1. The van der Waals surface area contributed by atoms with Gasteiger partial charge in [-0.1, -0.05) is 28.1 Å². The Balaban J connectivity index is 1.12. The predicted octanol–water partition coefficient (Wildman–Crippen LogP) is 6.02. The van der Waals surface area contributed by atoms with Crippen LogP contribution in [-0.4, -0.2) is 41.7 Å². The number of Topliss-reactive ketones (excluding diaryl/α,β-unsaturated/α-hetero) is 1. The van der Waals surface area contributed by atoms with E-state index in [9.17, 15) is 29.3 Å². The average molecular weight is 643 g/mol. The second-order valence-electron chi connectivity index (χ2n) is 9.71. The first-order valence-corrected chi connectivity index (χ1v) is 13.9. The molecule has 0 bridgehead atoms. The molecule has 4 aromatic rings. The van der Waals surface area contributed by atoms with Crippen molar-refractivity contribution in [2.45, 2.75) is 6.42 Å². The molecule has 1 aliphatic heterocycles. The zero-order chi connectivity index (χ0) is 30.5. The van der Waals surface area contributed by atoms with Crippen LogP contribution >= 0.6 is 15.9 Å². The van der Waals surface area contributed by atoms with E-state index in [1.165, 1.54) is 41.3 Å². The molecule has 0 saturated carbocycles. The van der Waals surface area contributed by atoms with Crippen LogP contribution in [0.25, 0.3) is 11.1 Å². The summed E-state index contributed by atoms with van der Waals surface area (Å²) < 4.78 is 11.4. The van der Waals surface area contributed by atoms with Crippen LogP contribution in [0.4, 0.5) is 11.4 Å². The number of carbonyl (C=O) groups excluding carboxylic acids is 4. The van der Waals surface area contributed by atoms with E-state index in [1.807, 2.05) is 0 Å². The predicted molar refractivity (Wildman–Crippen MR) is 160 cm³/mol. The van der Waals surface area contributed by atoms with Gasteiger partial charge in [0, 0.05) is 40.8 Å². The number of hydrogen-bond acceptors (Lipinski definition) is 8. The first kappa shape index (κ1) is 29.3. The Morgan fingerprint density at radius 3 is 2.02 bits per heavy atom. The van der Waals surface area contributed by atoms with Gasteiger partial charge in [0.05, 0.1) is 16.4 Å². The van der Waals surface area contributed by atoms with Crippen molar-refractivity contribution in [2.24, 2.45) is 5.92 Å². The van der Waals surface area contributed by atoms with Crippen LogP contribution in [0.15, 0.2) is 102 Å². The number of benzene rings is 4. The molecule has 0 radical (unpaired) electrons. The molecule has 10 nitrogen and oxygen atoms in total. The minimum Gasteiger partial charge on any atom is -0.457 e. The van der Waals surface area contributed by atoms with Gasteiger partial charge in [-0.3, -0.25) is 24.5 Å². The SMILES string of the molecule is O=C(COC(=O)[C@H]1CC(=O)N(c2ccc(-c3ccc([N+](=O)[O-])cc3)cc2)C1)c1ccc(OC(=O)c2ccc(Br)cc2)cc1. The molecule has 0 spiro atoms. The van der Waals surface area contributed by atoms with Gasteiger partial charge in [0.25, 0.3) is 5.69 Å². The lowest BCUT2D eigenvalue weighted by atomic mass is 10.0. The topological polar surface area (TPSA) is 133 Å². The Morgan fingerprint density at radius 1 is 0.837 bits per heavy atom. The van der Waals surface area contributed by atoms with E-state index in [-0.39, 0.29) is 35.9 Å². The molecule has 1 saturated heterocycles. The number of esters is 2. The Kier molecular flexibility index (Phi) is 8.72. The second-order valence-corrected chi connectivity index (χ2v) is 10.6. The van der Waals surface area contributed by atoms with Crippen molar-refractivity contribution in [3.05, 3.63) is 123 Å². The highest BCUT2D eigenvalue weighted by molar-refractivity contribution is 9.10. The smallest absolute Gasteiger partial charge is 0.343 e. The minimum atomic E-state index is -0.727. The van der Waals surface area contributed by atoms with Crippen LogP contribution in [0.5, 0.6) is 5.75 Å². The van der Waals surface area contributed by atoms with Gasteiger partial charge in [-0.25, -0.2) is 4.79 Å². The highest BCUT2D eigenvalue weighted by Crippen LogP contribution is 2.29. The van der Waals surface area contributed by atoms with E-state index in [0.29, 0.717) is 11.3 Å². The van der Waals surface area contributed by atoms with E-state index in [2.05, 4.69) is 15.9 Å². The lowest BCUT2D eigenvalue weighted by molar-refractivity contribution is -0.384. The lowest BCUT2D eigenvalue weighted by Gasteiger charge is -2.17. The van der Waals surface area contributed by atoms with Crippen molar-refractivity contribution in [1.29, 1.82) is 0 Å². The van der Waals surface area contributed by atoms with Gasteiger partial charge in [0.15, 0.2) is 12.4 Å². The summed E-state index contributed by atoms with van der Waals surface area (Å²) in [4.78, 5) is 62.1. The largest absolute Gasteiger partial charge is 0.457 e. The van der Waals surface area contributed by atoms with Gasteiger partial charge < -0.3 is 14.4 Å². The van der Waals surface area contributed by atoms with Crippen molar-refractivity contribution in [3.8, 4) is 16.9 Å². The number of nitrogens with zero attached hydrogens (tertiary/aromatic N) is 2. The first-order valence-electron chi connectivity index (χ1n) is 13.1. The minimum absolute atomic E-state index is 0.00349. The van der Waals surface area contributed by atoms with Crippen LogP contribution in [0.2, 0.25) is 0 Å². The summed E-state index contributed by atoms with van der Waals surface area (Å²) in [5, 5.41) is 10.9. The molecule has 5 rings (SSSR count). The van der Waals surface area contributed by atoms with Gasteiger partial charge in [0.1, 0.15) is 5.75 Å². The van der Waals surface area contributed by atoms with E-state index in [1.54, 1.807) is 60.7 Å². The molecule has 1 aliphatic rings. The zero-order valence-corrected chi connectivity index (χ0v) is 24.1. The number of ether oxygens (including phenoxy) is 2. The van der Waals surface area contributed by atoms with Crippen LogP contribution in [0, 0.1) is 16.0 Å². The Morgan fingerprint density at radius 2 is 1.42 bits per heavy atom. The second kappa shape index (κ2) is 12.8. The summed E-state index contributed by atoms with van der Waals surface area (Å²) in [5.74, 6) is -2.35. The molecule has 1 heterocycles. The van der Waals surface area contributed by atoms with Crippen LogP contribution in [0.3, 0.4) is 0 Å². The van der Waals surface area contributed by atoms with E-state index < -0.39 is 35.2 Å². The number of non-ortho nitro benzene ring substituents is 1. The molecule has 11 heteroatoms. The summed E-state index contributed by atoms with van der Waals surface area (Å²) >= 11 is 3.31. The fourth-order valence-electron chi connectivity index (χ4n) is 4.52. The summed E-state index contributed by atoms with van der Waals surface area (Å²) in [5.41, 5.74) is 2.84. The monoisotopic (exact) mass is 642 g/mol. The van der Waals surface area contributed by atoms with Gasteiger partial charge >= 0.3 is 11.9 Å². The number of nitro groups is 1. The fraction of sp³-hybridized carbons (Fsp3) is 0.125. The number of hydrogen-bond donors (Lipinski definition) is 0. The molecule has 0 aromatic heterocycles. The average Bonchev–Trinajstić information content (AvgIpc) is 3.42. The van der Waals surface area contributed by atoms with Crippen molar-refractivity contribution in [3.63, 3.8) is 0 Å². The van der Waals surface area contributed by atoms with Gasteiger partial charge in [-0.2, -0.15) is 0 Å². The van der Waals surface area contributed by atoms with Gasteiger partial charge in [0.2, 0.25) is 5.91 Å². The maximum absolute atomic E-state index is 12.7. The van der Waals surface area contributed by atoms with E-state index in [4.69, 9.17) is 9.47 Å². The van der Waals surface area contributed by atoms with Crippen LogP contribution < -0.4 is 9.64 Å². The molecule has 1 fully saturated rings. The Bertz CT molecular complexity index is 1690.